The summed E-state index contributed by atoms with van der Waals surface area (Å²) in [5.74, 6) is -0.183. The van der Waals surface area contributed by atoms with Crippen molar-refractivity contribution in [2.24, 2.45) is 0 Å². The van der Waals surface area contributed by atoms with E-state index in [0.29, 0.717) is 23.6 Å². The summed E-state index contributed by atoms with van der Waals surface area (Å²) in [5.41, 5.74) is 10.7. The fraction of sp³-hybridized carbons (Fsp3) is 0.179. The molecular weight excluding hydrogens is 454 g/mol. The molecule has 0 aliphatic heterocycles. The number of nitrogens with zero attached hydrogens (tertiary/aromatic N) is 2. The summed E-state index contributed by atoms with van der Waals surface area (Å²) < 4.78 is 7.05. The molecule has 8 heteroatoms. The lowest BCUT2D eigenvalue weighted by Gasteiger charge is -2.11. The number of carbonyl (C=O) groups excluding carboxylic acids is 2. The van der Waals surface area contributed by atoms with Crippen LogP contribution in [0, 0.1) is 13.8 Å². The molecule has 0 saturated heterocycles. The summed E-state index contributed by atoms with van der Waals surface area (Å²) in [5, 5.41) is 7.76. The molecule has 4 rings (SSSR count). The van der Waals surface area contributed by atoms with E-state index in [9.17, 15) is 9.59 Å². The van der Waals surface area contributed by atoms with Gasteiger partial charge in [0.25, 0.3) is 11.8 Å². The van der Waals surface area contributed by atoms with Crippen molar-refractivity contribution < 1.29 is 14.3 Å². The van der Waals surface area contributed by atoms with Gasteiger partial charge in [0, 0.05) is 17.4 Å². The maximum Gasteiger partial charge on any atom is 0.273 e. The van der Waals surface area contributed by atoms with Crippen molar-refractivity contribution in [2.45, 2.75) is 20.4 Å². The molecule has 4 aromatic rings. The monoisotopic (exact) mass is 483 g/mol. The highest BCUT2D eigenvalue weighted by Gasteiger charge is 2.19. The van der Waals surface area contributed by atoms with Gasteiger partial charge in [-0.05, 0) is 43.2 Å². The highest BCUT2D eigenvalue weighted by molar-refractivity contribution is 6.00. The Kier molecular flexibility index (Phi) is 7.65. The Labute approximate surface area is 210 Å². The summed E-state index contributed by atoms with van der Waals surface area (Å²) in [4.78, 5) is 25.5. The third-order valence-corrected chi connectivity index (χ3v) is 5.67. The molecule has 2 amide bonds. The van der Waals surface area contributed by atoms with E-state index in [0.717, 1.165) is 27.9 Å². The third kappa shape index (κ3) is 6.09. The first-order chi connectivity index (χ1) is 17.4. The molecule has 0 radical (unpaired) electrons. The maximum absolute atomic E-state index is 13.1. The average molecular weight is 484 g/mol. The van der Waals surface area contributed by atoms with Crippen molar-refractivity contribution in [3.05, 3.63) is 101 Å². The van der Waals surface area contributed by atoms with E-state index in [1.165, 1.54) is 0 Å². The fourth-order valence-electron chi connectivity index (χ4n) is 3.85. The van der Waals surface area contributed by atoms with E-state index in [-0.39, 0.29) is 12.5 Å². The number of benzene rings is 3. The number of hydrogen-bond donors (Lipinski definition) is 3. The van der Waals surface area contributed by atoms with E-state index >= 15 is 0 Å². The number of carbonyl (C=O) groups is 2. The number of aryl methyl sites for hydroxylation is 2. The van der Waals surface area contributed by atoms with Crippen LogP contribution in [0.4, 0.5) is 5.69 Å². The smallest absolute Gasteiger partial charge is 0.273 e. The number of anilines is 1. The largest absolute Gasteiger partial charge is 0.497 e. The molecule has 1 aromatic heterocycles. The number of hydrogen-bond acceptors (Lipinski definition) is 5. The zero-order valence-electron chi connectivity index (χ0n) is 20.5. The van der Waals surface area contributed by atoms with Gasteiger partial charge >= 0.3 is 0 Å². The number of aromatic nitrogens is 2. The molecule has 1 heterocycles. The van der Waals surface area contributed by atoms with Crippen LogP contribution in [0.15, 0.2) is 79.0 Å². The molecule has 3 N–H and O–H groups in total. The summed E-state index contributed by atoms with van der Waals surface area (Å²) in [6.45, 7) is 4.50. The van der Waals surface area contributed by atoms with Crippen LogP contribution in [0.5, 0.6) is 5.75 Å². The second kappa shape index (κ2) is 11.2. The molecule has 36 heavy (non-hydrogen) atoms. The van der Waals surface area contributed by atoms with Crippen molar-refractivity contribution in [2.75, 3.05) is 19.0 Å². The van der Waals surface area contributed by atoms with Crippen molar-refractivity contribution in [1.82, 2.24) is 20.6 Å². The normalized spacial score (nSPS) is 10.5. The first-order valence-corrected chi connectivity index (χ1v) is 11.6. The molecule has 3 aromatic carbocycles. The third-order valence-electron chi connectivity index (χ3n) is 5.67. The maximum atomic E-state index is 13.1. The molecule has 0 spiro atoms. The fourth-order valence-corrected chi connectivity index (χ4v) is 3.85. The summed E-state index contributed by atoms with van der Waals surface area (Å²) in [6.07, 6.45) is 1.68. The Morgan fingerprint density at radius 3 is 2.50 bits per heavy atom. The number of rotatable bonds is 8. The van der Waals surface area contributed by atoms with Crippen molar-refractivity contribution >= 4 is 17.5 Å². The molecule has 0 aliphatic rings. The van der Waals surface area contributed by atoms with Crippen LogP contribution in [0.3, 0.4) is 0 Å². The number of amides is 2. The van der Waals surface area contributed by atoms with Crippen LogP contribution >= 0.6 is 0 Å². The Morgan fingerprint density at radius 1 is 0.944 bits per heavy atom. The van der Waals surface area contributed by atoms with Crippen molar-refractivity contribution in [1.29, 1.82) is 0 Å². The lowest BCUT2D eigenvalue weighted by atomic mass is 10.1. The average Bonchev–Trinajstić information content (AvgIpc) is 3.31. The van der Waals surface area contributed by atoms with Crippen LogP contribution in [-0.4, -0.2) is 35.2 Å². The van der Waals surface area contributed by atoms with Gasteiger partial charge < -0.3 is 10.1 Å². The zero-order valence-corrected chi connectivity index (χ0v) is 20.5. The highest BCUT2D eigenvalue weighted by atomic mass is 16.5. The highest BCUT2D eigenvalue weighted by Crippen LogP contribution is 2.26. The standard InChI is InChI=1S/C28H29N5O3/c1-19-12-13-25(20(2)14-19)29-16-26(34)30-31-28(35)24-18-33(17-21-8-5-4-6-9-21)32-27(24)22-10-7-11-23(15-22)36-3/h4-15,18,29H,16-17H2,1-3H3,(H,30,34)(H,31,35). The van der Waals surface area contributed by atoms with Crippen LogP contribution in [-0.2, 0) is 11.3 Å². The molecule has 8 nitrogen and oxygen atoms in total. The molecule has 0 aliphatic carbocycles. The van der Waals surface area contributed by atoms with Gasteiger partial charge in [0.2, 0.25) is 0 Å². The van der Waals surface area contributed by atoms with Gasteiger partial charge in [-0.2, -0.15) is 5.10 Å². The van der Waals surface area contributed by atoms with Gasteiger partial charge in [-0.1, -0.05) is 60.2 Å². The van der Waals surface area contributed by atoms with Crippen LogP contribution < -0.4 is 20.9 Å². The Bertz CT molecular complexity index is 1360. The number of methoxy groups -OCH3 is 1. The molecular formula is C28H29N5O3. The molecule has 184 valence electrons. The predicted octanol–water partition coefficient (Wildman–Crippen LogP) is 4.10. The molecule has 0 saturated carbocycles. The number of nitrogens with one attached hydrogen (secondary N) is 3. The van der Waals surface area contributed by atoms with Crippen LogP contribution in [0.25, 0.3) is 11.3 Å². The summed E-state index contributed by atoms with van der Waals surface area (Å²) >= 11 is 0. The second-order valence-corrected chi connectivity index (χ2v) is 8.48. The minimum Gasteiger partial charge on any atom is -0.497 e. The van der Waals surface area contributed by atoms with Crippen molar-refractivity contribution in [3.8, 4) is 17.0 Å². The SMILES string of the molecule is COc1cccc(-c2nn(Cc3ccccc3)cc2C(=O)NNC(=O)CNc2ccc(C)cc2C)c1. The van der Waals surface area contributed by atoms with Gasteiger partial charge in [-0.3, -0.25) is 25.1 Å². The molecule has 0 bridgehead atoms. The van der Waals surface area contributed by atoms with E-state index in [2.05, 4.69) is 21.3 Å². The summed E-state index contributed by atoms with van der Waals surface area (Å²) in [7, 11) is 1.59. The topological polar surface area (TPSA) is 97.3 Å². The van der Waals surface area contributed by atoms with Gasteiger partial charge in [0.15, 0.2) is 0 Å². The van der Waals surface area contributed by atoms with Gasteiger partial charge in [0.1, 0.15) is 11.4 Å². The zero-order chi connectivity index (χ0) is 25.5. The van der Waals surface area contributed by atoms with Crippen LogP contribution in [0.2, 0.25) is 0 Å². The first-order valence-electron chi connectivity index (χ1n) is 11.6. The van der Waals surface area contributed by atoms with Gasteiger partial charge in [-0.15, -0.1) is 0 Å². The molecule has 0 fully saturated rings. The molecule has 0 unspecified atom stereocenters. The summed E-state index contributed by atoms with van der Waals surface area (Å²) in [6, 6.07) is 23.1. The lowest BCUT2D eigenvalue weighted by molar-refractivity contribution is -0.120. The minimum absolute atomic E-state index is 0.0141. The van der Waals surface area contributed by atoms with Crippen LogP contribution in [0.1, 0.15) is 27.0 Å². The lowest BCUT2D eigenvalue weighted by Crippen LogP contribution is -2.44. The quantitative estimate of drug-likeness (QED) is 0.328. The van der Waals surface area contributed by atoms with E-state index in [4.69, 9.17) is 4.74 Å². The van der Waals surface area contributed by atoms with Gasteiger partial charge in [0.05, 0.1) is 25.8 Å². The number of ether oxygens (including phenoxy) is 1. The Hall–Kier alpha value is -4.59. The first kappa shape index (κ1) is 24.5. The molecule has 0 atom stereocenters. The number of hydrazine groups is 1. The van der Waals surface area contributed by atoms with Gasteiger partial charge in [-0.25, -0.2) is 0 Å². The van der Waals surface area contributed by atoms with E-state index < -0.39 is 5.91 Å². The Balaban J connectivity index is 1.48. The second-order valence-electron chi connectivity index (χ2n) is 8.48. The minimum atomic E-state index is -0.466. The predicted molar refractivity (Wildman–Crippen MR) is 140 cm³/mol. The van der Waals surface area contributed by atoms with Crippen molar-refractivity contribution in [3.63, 3.8) is 0 Å². The van der Waals surface area contributed by atoms with E-state index in [1.54, 1.807) is 18.0 Å². The van der Waals surface area contributed by atoms with E-state index in [1.807, 2.05) is 86.6 Å². The Morgan fingerprint density at radius 2 is 1.75 bits per heavy atom.